The average Bonchev–Trinajstić information content (AvgIpc) is 0.722. The van der Waals surface area contributed by atoms with E-state index in [1.165, 1.54) is 0 Å². The van der Waals surface area contributed by atoms with Crippen molar-refractivity contribution in [3.63, 3.8) is 0 Å². The fourth-order valence-electron chi connectivity index (χ4n) is 0. The predicted molar refractivity (Wildman–Crippen MR) is 16.7 cm³/mol. The number of halogens is 1. The van der Waals surface area contributed by atoms with E-state index >= 15 is 0 Å². The molecule has 0 aromatic carbocycles. The van der Waals surface area contributed by atoms with Crippen LogP contribution in [-0.2, 0) is 37.7 Å². The van der Waals surface area contributed by atoms with Gasteiger partial charge in [0.15, 0.2) is 0 Å². The van der Waals surface area contributed by atoms with Gasteiger partial charge in [-0.15, -0.1) is 0 Å². The Hall–Kier alpha value is 0.722. The summed E-state index contributed by atoms with van der Waals surface area (Å²) in [6, 6.07) is 0. The molecule has 0 saturated heterocycles. The van der Waals surface area contributed by atoms with Gasteiger partial charge in [0.1, 0.15) is 0 Å². The molecule has 0 radical (unpaired) electrons. The van der Waals surface area contributed by atoms with E-state index in [4.69, 9.17) is 17.5 Å². The van der Waals surface area contributed by atoms with Gasteiger partial charge in [0.25, 0.3) is 0 Å². The van der Waals surface area contributed by atoms with Gasteiger partial charge in [-0.05, 0) is 0 Å². The maximum atomic E-state index is 8.74. The maximum Gasteiger partial charge on any atom is 0.394 e. The summed E-state index contributed by atoms with van der Waals surface area (Å²) in [6.07, 6.45) is 0. The third-order valence-corrected chi connectivity index (χ3v) is 0. The second-order valence-corrected chi connectivity index (χ2v) is 1.34. The molecule has 0 heterocycles. The van der Waals surface area contributed by atoms with Crippen molar-refractivity contribution in [3.8, 4) is 0 Å². The number of rotatable bonds is 0. The first-order valence-electron chi connectivity index (χ1n) is 0.698. The molecule has 0 spiro atoms. The summed E-state index contributed by atoms with van der Waals surface area (Å²) in [5, 5.41) is 0. The molecule has 7 heavy (non-hydrogen) atoms. The topological polar surface area (TPSA) is 74.6 Å². The number of hydrogen-bond acceptors (Lipinski definition) is 2. The molecule has 0 saturated carbocycles. The summed E-state index contributed by atoms with van der Waals surface area (Å²) in [6.45, 7) is 0. The Labute approximate surface area is 60.0 Å². The van der Waals surface area contributed by atoms with Crippen LogP contribution in [0, 0.1) is 0 Å². The normalized spacial score (nSPS) is 8.29. The second-order valence-electron chi connectivity index (χ2n) is 0.448. The van der Waals surface area contributed by atoms with Crippen molar-refractivity contribution in [1.29, 1.82) is 0 Å². The Bertz CT molecular complexity index is 94.9. The molecule has 0 bridgehead atoms. The van der Waals surface area contributed by atoms with E-state index in [1.54, 1.807) is 0 Å². The van der Waals surface area contributed by atoms with Crippen LogP contribution >= 0.6 is 0 Å². The van der Waals surface area contributed by atoms with Crippen LogP contribution in [-0.4, -0.2) is 17.5 Å². The van der Waals surface area contributed by atoms with Gasteiger partial charge >= 0.3 is 10.4 Å². The molecule has 0 amide bonds. The summed E-state index contributed by atoms with van der Waals surface area (Å²) >= 11 is 0. The fourth-order valence-corrected chi connectivity index (χ4v) is 0. The molecule has 7 heteroatoms. The van der Waals surface area contributed by atoms with Crippen molar-refractivity contribution in [2.24, 2.45) is 0 Å². The summed E-state index contributed by atoms with van der Waals surface area (Å²) in [5.41, 5.74) is 0. The minimum Gasteiger partial charge on any atom is -0.269 e. The average molecular weight is 230 g/mol. The van der Waals surface area contributed by atoms with Crippen molar-refractivity contribution in [3.05, 3.63) is 0 Å². The van der Waals surface area contributed by atoms with E-state index in [1.807, 2.05) is 0 Å². The van der Waals surface area contributed by atoms with Crippen molar-refractivity contribution >= 4 is 10.4 Å². The zero-order chi connectivity index (χ0) is 4.50. The molecule has 0 rings (SSSR count). The molecule has 0 unspecified atom stereocenters. The Morgan fingerprint density at radius 1 is 1.14 bits per heavy atom. The Balaban J connectivity index is -0.0000000800. The molecule has 2 N–H and O–H groups in total. The van der Waals surface area contributed by atoms with Crippen LogP contribution in [0.2, 0.25) is 0 Å². The molecule has 42 valence electrons. The molecule has 0 aromatic heterocycles. The third-order valence-electron chi connectivity index (χ3n) is 0. The van der Waals surface area contributed by atoms with Crippen molar-refractivity contribution < 1.29 is 49.5 Å². The summed E-state index contributed by atoms with van der Waals surface area (Å²) in [4.78, 5) is 0. The predicted octanol–water partition coefficient (Wildman–Crippen LogP) is -0.503. The van der Waals surface area contributed by atoms with Gasteiger partial charge in [0.2, 0.25) is 0 Å². The van der Waals surface area contributed by atoms with Crippen LogP contribution in [0.4, 0.5) is 4.70 Å². The summed E-state index contributed by atoms with van der Waals surface area (Å²) in [7, 11) is -4.67. The second kappa shape index (κ2) is 4.87. The van der Waals surface area contributed by atoms with Gasteiger partial charge < -0.3 is 0 Å². The molecule has 0 aliphatic heterocycles. The van der Waals surface area contributed by atoms with E-state index in [-0.39, 0.29) is 32.0 Å². The van der Waals surface area contributed by atoms with Gasteiger partial charge in [-0.25, -0.2) is 0 Å². The smallest absolute Gasteiger partial charge is 0.269 e. The van der Waals surface area contributed by atoms with Gasteiger partial charge in [-0.1, -0.05) is 0 Å². The number of hydrogen-bond donors (Lipinski definition) is 2. The Morgan fingerprint density at radius 2 is 1.14 bits per heavy atom. The quantitative estimate of drug-likeness (QED) is 0.434. The van der Waals surface area contributed by atoms with Gasteiger partial charge in [-0.2, -0.15) is 8.42 Å². The molecule has 0 aliphatic rings. The summed E-state index contributed by atoms with van der Waals surface area (Å²) < 4.78 is 31.6. The van der Waals surface area contributed by atoms with Crippen LogP contribution in [0.25, 0.3) is 0 Å². The first-order valence-corrected chi connectivity index (χ1v) is 2.10. The first kappa shape index (κ1) is 15.6. The van der Waals surface area contributed by atoms with Crippen LogP contribution in [0.3, 0.4) is 0 Å². The molecule has 0 atom stereocenters. The standard InChI is InChI=1S/Cd.FH.H2O4S/c;;1-5(2,3)4/h;1H;(H2,1,2,3,4). The van der Waals surface area contributed by atoms with Crippen molar-refractivity contribution in [2.75, 3.05) is 0 Å². The first-order chi connectivity index (χ1) is 2.00. The van der Waals surface area contributed by atoms with Gasteiger partial charge in [-0.3, -0.25) is 13.8 Å². The Kier molecular flexibility index (Phi) is 10.9. The van der Waals surface area contributed by atoms with Gasteiger partial charge in [0, 0.05) is 27.3 Å². The fraction of sp³-hybridized carbons (Fsp3) is 0. The zero-order valence-electron chi connectivity index (χ0n) is 3.23. The monoisotopic (exact) mass is 232 g/mol. The van der Waals surface area contributed by atoms with E-state index in [9.17, 15) is 0 Å². The molecular formula is H3CdFO4S. The molecule has 0 fully saturated rings. The third kappa shape index (κ3) is 287. The largest absolute Gasteiger partial charge is 0.394 e. The molecule has 0 aromatic rings. The van der Waals surface area contributed by atoms with E-state index in [2.05, 4.69) is 0 Å². The van der Waals surface area contributed by atoms with Gasteiger partial charge in [0.05, 0.1) is 0 Å². The van der Waals surface area contributed by atoms with E-state index in [0.717, 1.165) is 0 Å². The van der Waals surface area contributed by atoms with Crippen LogP contribution in [0.5, 0.6) is 0 Å². The van der Waals surface area contributed by atoms with E-state index in [0.29, 0.717) is 0 Å². The Morgan fingerprint density at radius 3 is 1.14 bits per heavy atom. The van der Waals surface area contributed by atoms with Crippen LogP contribution < -0.4 is 0 Å². The molecule has 4 nitrogen and oxygen atoms in total. The van der Waals surface area contributed by atoms with E-state index < -0.39 is 10.4 Å². The van der Waals surface area contributed by atoms with Crippen LogP contribution in [0.15, 0.2) is 0 Å². The molecular weight excluding hydrogens is 227 g/mol. The molecule has 0 aliphatic carbocycles. The SMILES string of the molecule is F.O=S(=O)(O)O.[Cd]. The zero-order valence-corrected chi connectivity index (χ0v) is 8.09. The van der Waals surface area contributed by atoms with Crippen molar-refractivity contribution in [1.82, 2.24) is 0 Å². The van der Waals surface area contributed by atoms with Crippen LogP contribution in [0.1, 0.15) is 0 Å². The minimum absolute atomic E-state index is 0. The maximum absolute atomic E-state index is 8.74. The van der Waals surface area contributed by atoms with Crippen molar-refractivity contribution in [2.45, 2.75) is 0 Å². The minimum atomic E-state index is -4.67. The summed E-state index contributed by atoms with van der Waals surface area (Å²) in [5.74, 6) is 0.